The molecule has 0 aliphatic carbocycles. The molecule has 3 N–H and O–H groups in total. The summed E-state index contributed by atoms with van der Waals surface area (Å²) < 4.78 is 83.3. The summed E-state index contributed by atoms with van der Waals surface area (Å²) in [6.45, 7) is 3.06. The first-order valence-electron chi connectivity index (χ1n) is 10.5. The number of aromatic nitrogens is 1. The highest BCUT2D eigenvalue weighted by molar-refractivity contribution is 7.89. The molecule has 33 heavy (non-hydrogen) atoms. The minimum absolute atomic E-state index is 0.0362. The number of alkyl halides is 3. The van der Waals surface area contributed by atoms with Gasteiger partial charge in [-0.1, -0.05) is 6.92 Å². The number of likely N-dealkylation sites (tertiary alicyclic amines) is 1. The standard InChI is InChI=1S/C21H26F4N4O3S/c1-14-6-10-29(11-7-14)20(30)17(8-12-28-9-2-3-19(28)26)27-33(31,32)18-5-4-15(22)13-16(18)21(23,24)25/h2-5,9,13-14,17,27H,6-8,10-12,26H2,1H3. The van der Waals surface area contributed by atoms with Gasteiger partial charge in [-0.05, 0) is 55.5 Å². The van der Waals surface area contributed by atoms with Crippen molar-refractivity contribution in [2.75, 3.05) is 18.8 Å². The monoisotopic (exact) mass is 490 g/mol. The quantitative estimate of drug-likeness (QED) is 0.583. The molecule has 0 saturated carbocycles. The Labute approximate surface area is 189 Å². The molecule has 1 aliphatic rings. The number of sulfonamides is 1. The van der Waals surface area contributed by atoms with Crippen molar-refractivity contribution in [2.45, 2.75) is 49.8 Å². The molecule has 2 aromatic rings. The van der Waals surface area contributed by atoms with Crippen molar-refractivity contribution in [1.82, 2.24) is 14.2 Å². The highest BCUT2D eigenvalue weighted by Crippen LogP contribution is 2.34. The van der Waals surface area contributed by atoms with Gasteiger partial charge in [-0.3, -0.25) is 4.79 Å². The average molecular weight is 491 g/mol. The zero-order valence-corrected chi connectivity index (χ0v) is 18.8. The van der Waals surface area contributed by atoms with Crippen LogP contribution in [0.5, 0.6) is 0 Å². The molecule has 1 atom stereocenters. The van der Waals surface area contributed by atoms with Crippen LogP contribution in [0.2, 0.25) is 0 Å². The number of carbonyl (C=O) groups is 1. The maximum absolute atomic E-state index is 13.5. The van der Waals surface area contributed by atoms with Crippen LogP contribution < -0.4 is 10.5 Å². The van der Waals surface area contributed by atoms with E-state index in [1.807, 2.05) is 6.92 Å². The van der Waals surface area contributed by atoms with Crippen LogP contribution in [0.3, 0.4) is 0 Å². The summed E-state index contributed by atoms with van der Waals surface area (Å²) in [6, 6.07) is 3.29. The number of benzene rings is 1. The zero-order valence-electron chi connectivity index (χ0n) is 18.0. The molecule has 1 fully saturated rings. The minimum atomic E-state index is -5.10. The fourth-order valence-electron chi connectivity index (χ4n) is 3.79. The topological polar surface area (TPSA) is 97.4 Å². The van der Waals surface area contributed by atoms with Crippen molar-refractivity contribution in [1.29, 1.82) is 0 Å². The summed E-state index contributed by atoms with van der Waals surface area (Å²) in [6.07, 6.45) is -2.01. The second-order valence-electron chi connectivity index (χ2n) is 8.24. The third-order valence-electron chi connectivity index (χ3n) is 5.75. The van der Waals surface area contributed by atoms with Crippen LogP contribution in [0.1, 0.15) is 31.7 Å². The summed E-state index contributed by atoms with van der Waals surface area (Å²) >= 11 is 0. The number of anilines is 1. The van der Waals surface area contributed by atoms with Gasteiger partial charge >= 0.3 is 6.18 Å². The highest BCUT2D eigenvalue weighted by Gasteiger charge is 2.39. The van der Waals surface area contributed by atoms with Crippen LogP contribution in [0.15, 0.2) is 41.4 Å². The zero-order chi connectivity index (χ0) is 24.4. The van der Waals surface area contributed by atoms with Gasteiger partial charge in [0.15, 0.2) is 0 Å². The lowest BCUT2D eigenvalue weighted by molar-refractivity contribution is -0.140. The van der Waals surface area contributed by atoms with Crippen molar-refractivity contribution in [3.63, 3.8) is 0 Å². The van der Waals surface area contributed by atoms with Crippen LogP contribution in [0.25, 0.3) is 0 Å². The number of carbonyl (C=O) groups excluding carboxylic acids is 1. The van der Waals surface area contributed by atoms with Gasteiger partial charge in [0.2, 0.25) is 15.9 Å². The first kappa shape index (κ1) is 25.0. The van der Waals surface area contributed by atoms with Crippen LogP contribution in [-0.4, -0.2) is 42.9 Å². The molecule has 1 aromatic heterocycles. The van der Waals surface area contributed by atoms with E-state index in [2.05, 4.69) is 4.72 Å². The van der Waals surface area contributed by atoms with Crippen LogP contribution >= 0.6 is 0 Å². The molecule has 3 rings (SSSR count). The number of hydrogen-bond acceptors (Lipinski definition) is 4. The van der Waals surface area contributed by atoms with E-state index in [9.17, 15) is 30.8 Å². The normalized spacial score (nSPS) is 16.7. The first-order chi connectivity index (χ1) is 15.4. The van der Waals surface area contributed by atoms with Crippen molar-refractivity contribution in [2.24, 2.45) is 5.92 Å². The molecule has 1 aliphatic heterocycles. The Balaban J connectivity index is 1.90. The fourth-order valence-corrected chi connectivity index (χ4v) is 5.22. The number of nitrogens with two attached hydrogens (primary N) is 1. The van der Waals surface area contributed by atoms with Crippen LogP contribution in [0.4, 0.5) is 23.4 Å². The predicted octanol–water partition coefficient (Wildman–Crippen LogP) is 3.22. The molecule has 1 amide bonds. The number of nitrogen functional groups attached to an aromatic ring is 1. The molecule has 12 heteroatoms. The molecule has 2 heterocycles. The van der Waals surface area contributed by atoms with Crippen molar-refractivity contribution < 1.29 is 30.8 Å². The molecule has 7 nitrogen and oxygen atoms in total. The molecular weight excluding hydrogens is 464 g/mol. The lowest BCUT2D eigenvalue weighted by Gasteiger charge is -2.33. The molecule has 182 valence electrons. The van der Waals surface area contributed by atoms with Gasteiger partial charge in [0.25, 0.3) is 0 Å². The number of rotatable bonds is 7. The van der Waals surface area contributed by atoms with Gasteiger partial charge in [0, 0.05) is 25.8 Å². The van der Waals surface area contributed by atoms with E-state index in [1.54, 1.807) is 22.9 Å². The Morgan fingerprint density at radius 3 is 2.48 bits per heavy atom. The second kappa shape index (κ2) is 9.72. The van der Waals surface area contributed by atoms with Crippen LogP contribution in [0, 0.1) is 11.7 Å². The number of hydrogen-bond donors (Lipinski definition) is 2. The van der Waals surface area contributed by atoms with E-state index in [4.69, 9.17) is 5.73 Å². The van der Waals surface area contributed by atoms with Crippen LogP contribution in [-0.2, 0) is 27.5 Å². The number of amides is 1. The van der Waals surface area contributed by atoms with E-state index in [0.29, 0.717) is 37.0 Å². The van der Waals surface area contributed by atoms with Gasteiger partial charge in [-0.2, -0.15) is 17.9 Å². The predicted molar refractivity (Wildman–Crippen MR) is 114 cm³/mol. The Morgan fingerprint density at radius 2 is 1.91 bits per heavy atom. The maximum Gasteiger partial charge on any atom is 0.417 e. The number of aryl methyl sites for hydroxylation is 1. The summed E-state index contributed by atoms with van der Waals surface area (Å²) in [5, 5.41) is 0. The molecule has 0 spiro atoms. The summed E-state index contributed by atoms with van der Waals surface area (Å²) in [5.74, 6) is -0.933. The lowest BCUT2D eigenvalue weighted by atomic mass is 9.98. The fraction of sp³-hybridized carbons (Fsp3) is 0.476. The average Bonchev–Trinajstić information content (AvgIpc) is 3.15. The van der Waals surface area contributed by atoms with Gasteiger partial charge in [0.05, 0.1) is 10.5 Å². The third-order valence-corrected chi connectivity index (χ3v) is 7.28. The van der Waals surface area contributed by atoms with Crippen molar-refractivity contribution in [3.8, 4) is 0 Å². The van der Waals surface area contributed by atoms with E-state index in [-0.39, 0.29) is 19.0 Å². The number of nitrogens with zero attached hydrogens (tertiary/aromatic N) is 2. The molecule has 1 saturated heterocycles. The number of halogens is 4. The maximum atomic E-state index is 13.5. The summed E-state index contributed by atoms with van der Waals surface area (Å²) in [5.41, 5.74) is 4.19. The van der Waals surface area contributed by atoms with E-state index in [0.717, 1.165) is 12.8 Å². The summed E-state index contributed by atoms with van der Waals surface area (Å²) in [7, 11) is -4.81. The lowest BCUT2D eigenvalue weighted by Crippen LogP contribution is -2.51. The molecule has 0 radical (unpaired) electrons. The SMILES string of the molecule is CC1CCN(C(=O)C(CCn2cccc2N)NS(=O)(=O)c2ccc(F)cc2C(F)(F)F)CC1. The van der Waals surface area contributed by atoms with Gasteiger partial charge in [0.1, 0.15) is 17.7 Å². The van der Waals surface area contributed by atoms with Gasteiger partial charge < -0.3 is 15.2 Å². The van der Waals surface area contributed by atoms with E-state index < -0.39 is 44.4 Å². The Hall–Kier alpha value is -2.60. The molecular formula is C21H26F4N4O3S. The molecule has 0 bridgehead atoms. The van der Waals surface area contributed by atoms with Gasteiger partial charge in [-0.15, -0.1) is 0 Å². The highest BCUT2D eigenvalue weighted by atomic mass is 32.2. The Kier molecular flexibility index (Phi) is 7.37. The first-order valence-corrected chi connectivity index (χ1v) is 12.0. The smallest absolute Gasteiger partial charge is 0.385 e. The van der Waals surface area contributed by atoms with E-state index >= 15 is 0 Å². The van der Waals surface area contributed by atoms with Gasteiger partial charge in [-0.25, -0.2) is 12.8 Å². The minimum Gasteiger partial charge on any atom is -0.385 e. The second-order valence-corrected chi connectivity index (χ2v) is 9.92. The number of piperidine rings is 1. The van der Waals surface area contributed by atoms with Crippen molar-refractivity contribution in [3.05, 3.63) is 47.9 Å². The van der Waals surface area contributed by atoms with E-state index in [1.165, 1.54) is 4.90 Å². The third kappa shape index (κ3) is 6.05. The molecule has 1 aromatic carbocycles. The largest absolute Gasteiger partial charge is 0.417 e. The van der Waals surface area contributed by atoms with Crippen molar-refractivity contribution >= 4 is 21.7 Å². The number of nitrogens with one attached hydrogen (secondary N) is 1. The Bertz CT molecular complexity index is 1090. The Morgan fingerprint density at radius 1 is 1.24 bits per heavy atom. The molecule has 1 unspecified atom stereocenters. The summed E-state index contributed by atoms with van der Waals surface area (Å²) in [4.78, 5) is 13.5.